The summed E-state index contributed by atoms with van der Waals surface area (Å²) in [4.78, 5) is 8.88. The molecule has 1 fully saturated rings. The Morgan fingerprint density at radius 3 is 3.00 bits per heavy atom. The van der Waals surface area contributed by atoms with Gasteiger partial charge < -0.3 is 4.55 Å². The van der Waals surface area contributed by atoms with E-state index in [2.05, 4.69) is 14.3 Å². The van der Waals surface area contributed by atoms with Crippen molar-refractivity contribution in [1.82, 2.24) is 4.63 Å². The molecule has 0 spiro atoms. The molecule has 7 heteroatoms. The predicted molar refractivity (Wildman–Crippen MR) is 29.7 cm³/mol. The van der Waals surface area contributed by atoms with Crippen molar-refractivity contribution in [2.24, 2.45) is 0 Å². The molecule has 1 unspecified atom stereocenters. The van der Waals surface area contributed by atoms with Gasteiger partial charge in [0.1, 0.15) is 0 Å². The molecule has 0 aromatic heterocycles. The first-order valence-electron chi connectivity index (χ1n) is 2.43. The van der Waals surface area contributed by atoms with E-state index in [1.165, 1.54) is 0 Å². The molecule has 0 radical (unpaired) electrons. The normalized spacial score (nSPS) is 22.6. The Labute approximate surface area is 55.2 Å². The fourth-order valence-electron chi connectivity index (χ4n) is 0.519. The first kappa shape index (κ1) is 7.17. The van der Waals surface area contributed by atoms with Crippen LogP contribution < -0.4 is 4.63 Å². The Kier molecular flexibility index (Phi) is 2.61. The lowest BCUT2D eigenvalue weighted by molar-refractivity contribution is -0.186. The van der Waals surface area contributed by atoms with E-state index in [9.17, 15) is 8.76 Å². The molecular formula is C2H5BNO4S-. The summed E-state index contributed by atoms with van der Waals surface area (Å²) in [5.41, 5.74) is 0. The van der Waals surface area contributed by atoms with Gasteiger partial charge in [-0.05, 0) is 6.32 Å². The van der Waals surface area contributed by atoms with E-state index in [0.29, 0.717) is 12.9 Å². The molecule has 0 saturated carbocycles. The largest absolute Gasteiger partial charge is 0.760 e. The van der Waals surface area contributed by atoms with Gasteiger partial charge in [-0.15, -0.1) is 0 Å². The zero-order valence-corrected chi connectivity index (χ0v) is 5.35. The van der Waals surface area contributed by atoms with Crippen molar-refractivity contribution in [2.45, 2.75) is 6.32 Å². The van der Waals surface area contributed by atoms with Gasteiger partial charge >= 0.3 is 7.05 Å². The van der Waals surface area contributed by atoms with Crippen LogP contribution in [0.25, 0.3) is 0 Å². The Morgan fingerprint density at radius 2 is 2.56 bits per heavy atom. The highest BCUT2D eigenvalue weighted by molar-refractivity contribution is 7.78. The van der Waals surface area contributed by atoms with Crippen molar-refractivity contribution in [3.63, 3.8) is 0 Å². The zero-order valence-electron chi connectivity index (χ0n) is 4.53. The van der Waals surface area contributed by atoms with E-state index >= 15 is 0 Å². The van der Waals surface area contributed by atoms with Crippen molar-refractivity contribution in [1.29, 1.82) is 0 Å². The number of hydrogen-bond donors (Lipinski definition) is 1. The maximum Gasteiger partial charge on any atom is 0.433 e. The molecule has 1 saturated heterocycles. The summed E-state index contributed by atoms with van der Waals surface area (Å²) in [5, 5.41) is 0. The third kappa shape index (κ3) is 2.42. The quantitative estimate of drug-likeness (QED) is 0.305. The molecule has 1 N–H and O–H groups in total. The monoisotopic (exact) mass is 150 g/mol. The molecule has 52 valence electrons. The van der Waals surface area contributed by atoms with Gasteiger partial charge in [0, 0.05) is 11.3 Å². The van der Waals surface area contributed by atoms with Crippen LogP contribution in [-0.4, -0.2) is 22.4 Å². The fraction of sp³-hybridized carbons (Fsp3) is 1.00. The van der Waals surface area contributed by atoms with Crippen LogP contribution in [0.3, 0.4) is 0 Å². The molecule has 1 atom stereocenters. The van der Waals surface area contributed by atoms with Crippen molar-refractivity contribution in [3.8, 4) is 0 Å². The lowest BCUT2D eigenvalue weighted by atomic mass is 9.83. The van der Waals surface area contributed by atoms with E-state index in [1.807, 2.05) is 0 Å². The minimum absolute atomic E-state index is 0.439. The Morgan fingerprint density at radius 1 is 1.78 bits per heavy atom. The van der Waals surface area contributed by atoms with Crippen molar-refractivity contribution in [2.75, 3.05) is 6.61 Å². The topological polar surface area (TPSA) is 70.6 Å². The summed E-state index contributed by atoms with van der Waals surface area (Å²) >= 11 is -2.26. The third-order valence-electron chi connectivity index (χ3n) is 0.875. The van der Waals surface area contributed by atoms with Crippen molar-refractivity contribution >= 4 is 18.3 Å². The average Bonchev–Trinajstić information content (AvgIpc) is 2.15. The number of rotatable bonds is 2. The highest BCUT2D eigenvalue weighted by atomic mass is 32.2. The number of nitrogens with one attached hydrogen (secondary N) is 1. The second kappa shape index (κ2) is 3.28. The summed E-state index contributed by atoms with van der Waals surface area (Å²) in [7, 11) is -0.497. The first-order chi connectivity index (χ1) is 4.29. The molecule has 0 bridgehead atoms. The van der Waals surface area contributed by atoms with Gasteiger partial charge in [0.2, 0.25) is 0 Å². The average molecular weight is 150 g/mol. The van der Waals surface area contributed by atoms with E-state index in [1.54, 1.807) is 0 Å². The van der Waals surface area contributed by atoms with E-state index in [0.717, 1.165) is 0 Å². The van der Waals surface area contributed by atoms with Gasteiger partial charge in [-0.25, -0.2) is 0 Å². The second-order valence-electron chi connectivity index (χ2n) is 1.55. The van der Waals surface area contributed by atoms with Gasteiger partial charge in [0.25, 0.3) is 0 Å². The molecule has 9 heavy (non-hydrogen) atoms. The first-order valence-corrected chi connectivity index (χ1v) is 3.50. The summed E-state index contributed by atoms with van der Waals surface area (Å²) in [6.07, 6.45) is 0.563. The molecule has 0 aromatic carbocycles. The smallest absolute Gasteiger partial charge is 0.433 e. The molecule has 0 aliphatic carbocycles. The maximum atomic E-state index is 9.91. The van der Waals surface area contributed by atoms with Crippen LogP contribution in [0.4, 0.5) is 0 Å². The Balaban J connectivity index is 2.19. The minimum Gasteiger partial charge on any atom is -0.760 e. The molecule has 5 nitrogen and oxygen atoms in total. The van der Waals surface area contributed by atoms with Crippen LogP contribution >= 0.6 is 0 Å². The van der Waals surface area contributed by atoms with Crippen LogP contribution in [0.5, 0.6) is 0 Å². The van der Waals surface area contributed by atoms with Crippen LogP contribution in [0.15, 0.2) is 0 Å². The van der Waals surface area contributed by atoms with Gasteiger partial charge in [-0.2, -0.15) is 0 Å². The Bertz CT molecular complexity index is 115. The van der Waals surface area contributed by atoms with Gasteiger partial charge in [0.15, 0.2) is 0 Å². The van der Waals surface area contributed by atoms with Crippen molar-refractivity contribution in [3.05, 3.63) is 0 Å². The summed E-state index contributed by atoms with van der Waals surface area (Å²) in [6.45, 7) is 0.439. The minimum atomic E-state index is -2.26. The lowest BCUT2D eigenvalue weighted by Gasteiger charge is -2.06. The molecule has 1 rings (SSSR count). The summed E-state index contributed by atoms with van der Waals surface area (Å²) in [6, 6.07) is 0. The standard InChI is InChI=1S/C2H6BNO4S/c5-9(6)4-3-1-2-7-8-3/h4H,1-2H2,(H,5,6)/p-1. The van der Waals surface area contributed by atoms with Crippen LogP contribution in [-0.2, 0) is 21.0 Å². The third-order valence-corrected chi connectivity index (χ3v) is 1.33. The Hall–Kier alpha value is 0.0549. The van der Waals surface area contributed by atoms with Gasteiger partial charge in [-0.1, -0.05) is 0 Å². The molecule has 0 amide bonds. The van der Waals surface area contributed by atoms with Crippen molar-refractivity contribution < 1.29 is 18.5 Å². The van der Waals surface area contributed by atoms with E-state index in [4.69, 9.17) is 0 Å². The van der Waals surface area contributed by atoms with E-state index in [-0.39, 0.29) is 0 Å². The highest BCUT2D eigenvalue weighted by Gasteiger charge is 2.23. The molecular weight excluding hydrogens is 145 g/mol. The van der Waals surface area contributed by atoms with Crippen LogP contribution in [0, 0.1) is 0 Å². The number of hydrogen-bond acceptors (Lipinski definition) is 4. The van der Waals surface area contributed by atoms with Crippen LogP contribution in [0.2, 0.25) is 6.32 Å². The molecule has 0 aromatic rings. The summed E-state index contributed by atoms with van der Waals surface area (Å²) in [5.74, 6) is 0. The summed E-state index contributed by atoms with van der Waals surface area (Å²) < 4.78 is 21.9. The van der Waals surface area contributed by atoms with Gasteiger partial charge in [-0.3, -0.25) is 18.5 Å². The second-order valence-corrected chi connectivity index (χ2v) is 2.25. The maximum absolute atomic E-state index is 9.91. The highest BCUT2D eigenvalue weighted by Crippen LogP contribution is 2.02. The van der Waals surface area contributed by atoms with E-state index < -0.39 is 18.3 Å². The lowest BCUT2D eigenvalue weighted by Crippen LogP contribution is -2.34. The molecule has 1 aliphatic heterocycles. The fourth-order valence-corrected chi connectivity index (χ4v) is 0.891. The predicted octanol–water partition coefficient (Wildman–Crippen LogP) is -1.18. The SMILES string of the molecule is O=S([O-])NB1CCOO1. The molecule has 1 heterocycles. The zero-order chi connectivity index (χ0) is 6.69. The molecule has 1 aliphatic rings. The van der Waals surface area contributed by atoms with Crippen LogP contribution in [0.1, 0.15) is 0 Å². The van der Waals surface area contributed by atoms with Gasteiger partial charge in [0.05, 0.1) is 6.61 Å².